The van der Waals surface area contributed by atoms with Crippen molar-refractivity contribution in [1.29, 1.82) is 0 Å². The van der Waals surface area contributed by atoms with Gasteiger partial charge in [0.1, 0.15) is 5.52 Å². The Morgan fingerprint density at radius 2 is 1.69 bits per heavy atom. The smallest absolute Gasteiger partial charge is 0.357 e. The van der Waals surface area contributed by atoms with E-state index in [1.54, 1.807) is 6.07 Å². The van der Waals surface area contributed by atoms with Crippen molar-refractivity contribution in [3.05, 3.63) is 29.7 Å². The summed E-state index contributed by atoms with van der Waals surface area (Å²) in [6, 6.07) is 3.07. The molecule has 0 amide bonds. The van der Waals surface area contributed by atoms with E-state index >= 15 is 0 Å². The molecule has 2 aromatic rings. The molecule has 0 aliphatic heterocycles. The van der Waals surface area contributed by atoms with Crippen LogP contribution in [0.15, 0.2) is 18.3 Å². The van der Waals surface area contributed by atoms with Gasteiger partial charge in [-0.3, -0.25) is 0 Å². The molecule has 0 fully saturated rings. The Balaban J connectivity index is 2.81. The van der Waals surface area contributed by atoms with Crippen molar-refractivity contribution in [2.24, 2.45) is 0 Å². The van der Waals surface area contributed by atoms with Gasteiger partial charge in [0.25, 0.3) is 0 Å². The molecule has 0 spiro atoms. The predicted molar refractivity (Wildman–Crippen MR) is 51.3 cm³/mol. The van der Waals surface area contributed by atoms with Crippen molar-refractivity contribution in [2.75, 3.05) is 0 Å². The first-order chi connectivity index (χ1) is 7.59. The number of fused-ring (bicyclic) bond motifs is 1. The Morgan fingerprint density at radius 1 is 1.06 bits per heavy atom. The second kappa shape index (κ2) is 3.54. The Labute approximate surface area is 88.4 Å². The zero-order valence-electron chi connectivity index (χ0n) is 7.78. The summed E-state index contributed by atoms with van der Waals surface area (Å²) in [5.41, 5.74) is -0.860. The molecule has 2 heterocycles. The summed E-state index contributed by atoms with van der Waals surface area (Å²) < 4.78 is 0. The molecule has 0 aliphatic rings. The third kappa shape index (κ3) is 1.54. The molecule has 80 valence electrons. The van der Waals surface area contributed by atoms with Gasteiger partial charge in [0, 0.05) is 6.20 Å². The van der Waals surface area contributed by atoms with Crippen LogP contribution < -0.4 is 0 Å². The summed E-state index contributed by atoms with van der Waals surface area (Å²) in [6.07, 6.45) is 1.42. The summed E-state index contributed by atoms with van der Waals surface area (Å²) in [6.45, 7) is 0. The van der Waals surface area contributed by atoms with E-state index in [1.165, 1.54) is 12.3 Å². The number of carboxylic acids is 2. The van der Waals surface area contributed by atoms with Crippen LogP contribution in [-0.2, 0) is 0 Å². The molecule has 2 N–H and O–H groups in total. The average molecular weight is 219 g/mol. The third-order valence-electron chi connectivity index (χ3n) is 1.85. The average Bonchev–Trinajstić information content (AvgIpc) is 2.27. The van der Waals surface area contributed by atoms with Gasteiger partial charge in [-0.25, -0.2) is 24.5 Å². The molecular weight excluding hydrogens is 214 g/mol. The minimum absolute atomic E-state index is 0.102. The SMILES string of the molecule is O=C(O)c1nc2cccnc2nc1C(=O)O. The first kappa shape index (κ1) is 9.97. The maximum absolute atomic E-state index is 10.8. The van der Waals surface area contributed by atoms with Gasteiger partial charge in [-0.2, -0.15) is 0 Å². The van der Waals surface area contributed by atoms with E-state index in [2.05, 4.69) is 15.0 Å². The van der Waals surface area contributed by atoms with Crippen molar-refractivity contribution in [2.45, 2.75) is 0 Å². The number of rotatable bonds is 2. The van der Waals surface area contributed by atoms with E-state index in [0.29, 0.717) is 0 Å². The number of nitrogens with zero attached hydrogens (tertiary/aromatic N) is 3. The van der Waals surface area contributed by atoms with Crippen LogP contribution in [0.25, 0.3) is 11.2 Å². The molecule has 0 saturated heterocycles. The van der Waals surface area contributed by atoms with E-state index in [1.807, 2.05) is 0 Å². The van der Waals surface area contributed by atoms with Crippen LogP contribution >= 0.6 is 0 Å². The second-order valence-electron chi connectivity index (χ2n) is 2.88. The largest absolute Gasteiger partial charge is 0.476 e. The molecule has 0 saturated carbocycles. The van der Waals surface area contributed by atoms with Gasteiger partial charge >= 0.3 is 11.9 Å². The molecule has 0 bridgehead atoms. The molecule has 0 aromatic carbocycles. The quantitative estimate of drug-likeness (QED) is 0.752. The maximum Gasteiger partial charge on any atom is 0.357 e. The fourth-order valence-electron chi connectivity index (χ4n) is 1.19. The Bertz CT molecular complexity index is 544. The summed E-state index contributed by atoms with van der Waals surface area (Å²) >= 11 is 0. The molecule has 2 rings (SSSR count). The van der Waals surface area contributed by atoms with Crippen molar-refractivity contribution < 1.29 is 19.8 Å². The van der Waals surface area contributed by atoms with Gasteiger partial charge in [-0.1, -0.05) is 0 Å². The Hall–Kier alpha value is -2.57. The van der Waals surface area contributed by atoms with E-state index in [9.17, 15) is 9.59 Å². The highest BCUT2D eigenvalue weighted by atomic mass is 16.4. The summed E-state index contributed by atoms with van der Waals surface area (Å²) in [4.78, 5) is 32.7. The van der Waals surface area contributed by atoms with Crippen LogP contribution in [0.5, 0.6) is 0 Å². The molecule has 0 unspecified atom stereocenters. The van der Waals surface area contributed by atoms with E-state index in [0.717, 1.165) is 0 Å². The van der Waals surface area contributed by atoms with Crippen LogP contribution in [0.1, 0.15) is 21.0 Å². The number of pyridine rings is 1. The van der Waals surface area contributed by atoms with Gasteiger partial charge in [0.05, 0.1) is 0 Å². The second-order valence-corrected chi connectivity index (χ2v) is 2.88. The number of hydrogen-bond acceptors (Lipinski definition) is 5. The highest BCUT2D eigenvalue weighted by Gasteiger charge is 2.20. The normalized spacial score (nSPS) is 10.2. The highest BCUT2D eigenvalue weighted by molar-refractivity contribution is 6.00. The van der Waals surface area contributed by atoms with Crippen LogP contribution in [0.3, 0.4) is 0 Å². The highest BCUT2D eigenvalue weighted by Crippen LogP contribution is 2.10. The zero-order valence-corrected chi connectivity index (χ0v) is 7.78. The number of aromatic carboxylic acids is 2. The zero-order chi connectivity index (χ0) is 11.7. The molecule has 7 nitrogen and oxygen atoms in total. The van der Waals surface area contributed by atoms with Crippen molar-refractivity contribution in [1.82, 2.24) is 15.0 Å². The van der Waals surface area contributed by atoms with Crippen LogP contribution in [0.2, 0.25) is 0 Å². The van der Waals surface area contributed by atoms with Gasteiger partial charge in [-0.05, 0) is 12.1 Å². The topological polar surface area (TPSA) is 113 Å². The minimum Gasteiger partial charge on any atom is -0.476 e. The Kier molecular flexibility index (Phi) is 2.20. The lowest BCUT2D eigenvalue weighted by atomic mass is 10.3. The van der Waals surface area contributed by atoms with Gasteiger partial charge in [0.2, 0.25) is 0 Å². The maximum atomic E-state index is 10.8. The van der Waals surface area contributed by atoms with E-state index < -0.39 is 23.3 Å². The standard InChI is InChI=1S/C9H5N3O4/c13-8(14)5-6(9(15)16)12-7-4(11-5)2-1-3-10-7/h1-3H,(H,13,14)(H,15,16). The predicted octanol–water partition coefficient (Wildman–Crippen LogP) is 0.421. The number of carboxylic acid groups (broad SMARTS) is 2. The first-order valence-corrected chi connectivity index (χ1v) is 4.19. The number of carbonyl (C=O) groups is 2. The van der Waals surface area contributed by atoms with Crippen molar-refractivity contribution in [3.63, 3.8) is 0 Å². The van der Waals surface area contributed by atoms with E-state index in [4.69, 9.17) is 10.2 Å². The van der Waals surface area contributed by atoms with Crippen LogP contribution in [-0.4, -0.2) is 37.1 Å². The monoisotopic (exact) mass is 219 g/mol. The van der Waals surface area contributed by atoms with Gasteiger partial charge in [-0.15, -0.1) is 0 Å². The molecule has 16 heavy (non-hydrogen) atoms. The lowest BCUT2D eigenvalue weighted by Crippen LogP contribution is -2.13. The van der Waals surface area contributed by atoms with Gasteiger partial charge in [0.15, 0.2) is 17.0 Å². The minimum atomic E-state index is -1.45. The fraction of sp³-hybridized carbons (Fsp3) is 0. The van der Waals surface area contributed by atoms with Crippen LogP contribution in [0.4, 0.5) is 0 Å². The number of hydrogen-bond donors (Lipinski definition) is 2. The molecule has 0 radical (unpaired) electrons. The number of aromatic nitrogens is 3. The Morgan fingerprint density at radius 3 is 2.31 bits per heavy atom. The summed E-state index contributed by atoms with van der Waals surface area (Å²) in [7, 11) is 0. The summed E-state index contributed by atoms with van der Waals surface area (Å²) in [5, 5.41) is 17.6. The lowest BCUT2D eigenvalue weighted by molar-refractivity contribution is 0.0642. The third-order valence-corrected chi connectivity index (χ3v) is 1.85. The van der Waals surface area contributed by atoms with Gasteiger partial charge < -0.3 is 10.2 Å². The van der Waals surface area contributed by atoms with E-state index in [-0.39, 0.29) is 11.2 Å². The summed E-state index contributed by atoms with van der Waals surface area (Å²) in [5.74, 6) is -2.88. The molecule has 2 aromatic heterocycles. The first-order valence-electron chi connectivity index (χ1n) is 4.19. The van der Waals surface area contributed by atoms with Crippen molar-refractivity contribution >= 4 is 23.1 Å². The lowest BCUT2D eigenvalue weighted by Gasteiger charge is -2.01. The molecule has 7 heteroatoms. The van der Waals surface area contributed by atoms with Crippen LogP contribution in [0, 0.1) is 0 Å². The van der Waals surface area contributed by atoms with Crippen molar-refractivity contribution in [3.8, 4) is 0 Å². The molecular formula is C9H5N3O4. The fourth-order valence-corrected chi connectivity index (χ4v) is 1.19. The molecule has 0 atom stereocenters. The molecule has 0 aliphatic carbocycles.